The number of fused-ring (bicyclic) bond motifs is 2. The number of rotatable bonds is 3. The molecule has 0 bridgehead atoms. The average Bonchev–Trinajstić information content (AvgIpc) is 3.13. The zero-order valence-corrected chi connectivity index (χ0v) is 15.1. The molecule has 0 aliphatic heterocycles. The summed E-state index contributed by atoms with van der Waals surface area (Å²) >= 11 is 0. The Morgan fingerprint density at radius 1 is 0.741 bits per heavy atom. The fraction of sp³-hybridized carbons (Fsp3) is 0.0417. The van der Waals surface area contributed by atoms with Crippen molar-refractivity contribution in [2.75, 3.05) is 12.4 Å². The third-order valence-corrected chi connectivity index (χ3v) is 4.96. The van der Waals surface area contributed by atoms with Gasteiger partial charge in [0.2, 0.25) is 0 Å². The zero-order valence-electron chi connectivity index (χ0n) is 15.1. The molecular formula is C24H19N3. The van der Waals surface area contributed by atoms with Crippen LogP contribution in [0.15, 0.2) is 91.0 Å². The molecule has 0 aliphatic carbocycles. The molecule has 1 N–H and O–H groups in total. The van der Waals surface area contributed by atoms with E-state index in [1.165, 1.54) is 10.8 Å². The molecule has 130 valence electrons. The first kappa shape index (κ1) is 15.6. The lowest BCUT2D eigenvalue weighted by Gasteiger charge is -2.10. The monoisotopic (exact) mass is 349 g/mol. The number of para-hydroxylation sites is 3. The molecule has 0 saturated heterocycles. The molecule has 5 aromatic rings. The molecule has 0 unspecified atom stereocenters. The summed E-state index contributed by atoms with van der Waals surface area (Å²) in [4.78, 5) is 4.95. The average molecular weight is 349 g/mol. The first-order chi connectivity index (χ1) is 13.3. The highest BCUT2D eigenvalue weighted by molar-refractivity contribution is 5.91. The molecule has 0 amide bonds. The van der Waals surface area contributed by atoms with Gasteiger partial charge in [0.05, 0.1) is 11.0 Å². The number of nitrogens with one attached hydrogen (secondary N) is 1. The number of benzene rings is 4. The number of anilines is 1. The van der Waals surface area contributed by atoms with Gasteiger partial charge in [-0.3, -0.25) is 4.57 Å². The minimum Gasteiger partial charge on any atom is -0.388 e. The van der Waals surface area contributed by atoms with E-state index in [0.717, 1.165) is 33.8 Å². The van der Waals surface area contributed by atoms with Gasteiger partial charge in [0.25, 0.3) is 0 Å². The van der Waals surface area contributed by atoms with Crippen LogP contribution in [0.5, 0.6) is 0 Å². The van der Waals surface area contributed by atoms with Crippen molar-refractivity contribution < 1.29 is 0 Å². The Morgan fingerprint density at radius 3 is 2.33 bits per heavy atom. The molecule has 0 atom stereocenters. The number of hydrogen-bond acceptors (Lipinski definition) is 2. The quantitative estimate of drug-likeness (QED) is 0.440. The van der Waals surface area contributed by atoms with E-state index < -0.39 is 0 Å². The second-order valence-electron chi connectivity index (χ2n) is 6.62. The fourth-order valence-corrected chi connectivity index (χ4v) is 3.60. The number of imidazole rings is 1. The van der Waals surface area contributed by atoms with Gasteiger partial charge in [-0.2, -0.15) is 0 Å². The van der Waals surface area contributed by atoms with Crippen LogP contribution < -0.4 is 5.32 Å². The van der Waals surface area contributed by atoms with Gasteiger partial charge in [0.15, 0.2) is 0 Å². The highest BCUT2D eigenvalue weighted by Crippen LogP contribution is 2.31. The molecule has 0 aliphatic rings. The number of hydrogen-bond donors (Lipinski definition) is 1. The summed E-state index contributed by atoms with van der Waals surface area (Å²) in [5.74, 6) is 0.960. The van der Waals surface area contributed by atoms with E-state index in [-0.39, 0.29) is 0 Å². The summed E-state index contributed by atoms with van der Waals surface area (Å²) in [5, 5.41) is 5.62. The van der Waals surface area contributed by atoms with Gasteiger partial charge in [-0.25, -0.2) is 4.98 Å². The van der Waals surface area contributed by atoms with Gasteiger partial charge >= 0.3 is 0 Å². The predicted octanol–water partition coefficient (Wildman–Crippen LogP) is 5.89. The van der Waals surface area contributed by atoms with Gasteiger partial charge in [-0.1, -0.05) is 48.5 Å². The summed E-state index contributed by atoms with van der Waals surface area (Å²) in [5.41, 5.74) is 5.46. The van der Waals surface area contributed by atoms with Crippen molar-refractivity contribution >= 4 is 27.5 Å². The lowest BCUT2D eigenvalue weighted by Crippen LogP contribution is -1.97. The first-order valence-electron chi connectivity index (χ1n) is 9.08. The van der Waals surface area contributed by atoms with Crippen molar-refractivity contribution in [1.29, 1.82) is 0 Å². The van der Waals surface area contributed by atoms with Crippen molar-refractivity contribution in [3.63, 3.8) is 0 Å². The van der Waals surface area contributed by atoms with E-state index in [9.17, 15) is 0 Å². The van der Waals surface area contributed by atoms with Crippen LogP contribution in [0.1, 0.15) is 0 Å². The highest BCUT2D eigenvalue weighted by atomic mass is 15.1. The normalized spacial score (nSPS) is 11.1. The second-order valence-corrected chi connectivity index (χ2v) is 6.62. The van der Waals surface area contributed by atoms with Gasteiger partial charge in [0.1, 0.15) is 5.82 Å². The van der Waals surface area contributed by atoms with E-state index in [0.29, 0.717) is 0 Å². The first-order valence-corrected chi connectivity index (χ1v) is 9.08. The van der Waals surface area contributed by atoms with Crippen molar-refractivity contribution in [3.8, 4) is 17.1 Å². The van der Waals surface area contributed by atoms with Crippen LogP contribution in [0.25, 0.3) is 38.9 Å². The topological polar surface area (TPSA) is 29.9 Å². The summed E-state index contributed by atoms with van der Waals surface area (Å²) in [7, 11) is 1.94. The van der Waals surface area contributed by atoms with Gasteiger partial charge in [-0.05, 0) is 53.2 Å². The van der Waals surface area contributed by atoms with Crippen LogP contribution in [0.2, 0.25) is 0 Å². The Hall–Kier alpha value is -3.59. The Bertz CT molecular complexity index is 1250. The van der Waals surface area contributed by atoms with Crippen LogP contribution in [-0.4, -0.2) is 16.6 Å². The van der Waals surface area contributed by atoms with Crippen molar-refractivity contribution in [2.45, 2.75) is 0 Å². The van der Waals surface area contributed by atoms with Crippen molar-refractivity contribution in [1.82, 2.24) is 9.55 Å². The van der Waals surface area contributed by atoms with E-state index in [1.807, 2.05) is 19.2 Å². The molecule has 0 spiro atoms. The molecule has 3 nitrogen and oxygen atoms in total. The second kappa shape index (κ2) is 6.29. The summed E-state index contributed by atoms with van der Waals surface area (Å²) in [6.45, 7) is 0. The smallest absolute Gasteiger partial charge is 0.145 e. The van der Waals surface area contributed by atoms with Crippen molar-refractivity contribution in [3.05, 3.63) is 91.0 Å². The third kappa shape index (κ3) is 2.64. The number of aromatic nitrogens is 2. The Labute approximate surface area is 157 Å². The van der Waals surface area contributed by atoms with E-state index >= 15 is 0 Å². The summed E-state index contributed by atoms with van der Waals surface area (Å²) in [6, 6.07) is 31.7. The van der Waals surface area contributed by atoms with Crippen LogP contribution in [-0.2, 0) is 0 Å². The lowest BCUT2D eigenvalue weighted by atomic mass is 10.1. The maximum Gasteiger partial charge on any atom is 0.145 e. The Balaban J connectivity index is 1.76. The van der Waals surface area contributed by atoms with E-state index in [4.69, 9.17) is 4.98 Å². The Kier molecular flexibility index (Phi) is 3.65. The lowest BCUT2D eigenvalue weighted by molar-refractivity contribution is 1.10. The molecule has 1 heterocycles. The van der Waals surface area contributed by atoms with E-state index in [1.54, 1.807) is 0 Å². The predicted molar refractivity (Wildman–Crippen MR) is 114 cm³/mol. The fourth-order valence-electron chi connectivity index (χ4n) is 3.60. The maximum atomic E-state index is 4.95. The molecular weight excluding hydrogens is 330 g/mol. The summed E-state index contributed by atoms with van der Waals surface area (Å²) < 4.78 is 2.23. The van der Waals surface area contributed by atoms with Crippen LogP contribution in [0, 0.1) is 0 Å². The zero-order chi connectivity index (χ0) is 18.2. The van der Waals surface area contributed by atoms with E-state index in [2.05, 4.69) is 88.7 Å². The summed E-state index contributed by atoms with van der Waals surface area (Å²) in [6.07, 6.45) is 0. The molecule has 27 heavy (non-hydrogen) atoms. The molecule has 3 heteroatoms. The Morgan fingerprint density at radius 2 is 1.48 bits per heavy atom. The van der Waals surface area contributed by atoms with Crippen molar-refractivity contribution in [2.24, 2.45) is 0 Å². The SMILES string of the molecule is CNc1ccc2cc(-c3nc4ccccc4n3-c3ccccc3)ccc2c1. The van der Waals surface area contributed by atoms with Gasteiger partial charge in [0, 0.05) is 24.0 Å². The molecule has 4 aromatic carbocycles. The minimum atomic E-state index is 0.960. The molecule has 0 radical (unpaired) electrons. The number of nitrogens with zero attached hydrogens (tertiary/aromatic N) is 2. The van der Waals surface area contributed by atoms with Crippen LogP contribution in [0.4, 0.5) is 5.69 Å². The highest BCUT2D eigenvalue weighted by Gasteiger charge is 2.14. The molecule has 0 saturated carbocycles. The van der Waals surface area contributed by atoms with Gasteiger partial charge < -0.3 is 5.32 Å². The molecule has 1 aromatic heterocycles. The van der Waals surface area contributed by atoms with Crippen LogP contribution in [0.3, 0.4) is 0 Å². The van der Waals surface area contributed by atoms with Crippen LogP contribution >= 0.6 is 0 Å². The molecule has 0 fully saturated rings. The largest absolute Gasteiger partial charge is 0.388 e. The third-order valence-electron chi connectivity index (χ3n) is 4.96. The minimum absolute atomic E-state index is 0.960. The maximum absolute atomic E-state index is 4.95. The standard InChI is InChI=1S/C24H19N3/c1-25-20-14-13-17-15-19(12-11-18(17)16-20)24-26-22-9-5-6-10-23(22)27(24)21-7-3-2-4-8-21/h2-16,25H,1H3. The van der Waals surface area contributed by atoms with Gasteiger partial charge in [-0.15, -0.1) is 0 Å². The molecule has 5 rings (SSSR count).